The summed E-state index contributed by atoms with van der Waals surface area (Å²) in [5.41, 5.74) is 0. The molecule has 0 spiro atoms. The van der Waals surface area contributed by atoms with Crippen LogP contribution < -0.4 is 0 Å². The topological polar surface area (TPSA) is 269 Å². The Morgan fingerprint density at radius 2 is 1.24 bits per heavy atom. The molecule has 2 fully saturated rings. The van der Waals surface area contributed by atoms with E-state index in [1.807, 2.05) is 0 Å². The summed E-state index contributed by atoms with van der Waals surface area (Å²) in [4.78, 5) is 10.1. The van der Waals surface area contributed by atoms with Gasteiger partial charge in [-0.05, 0) is 18.8 Å². The van der Waals surface area contributed by atoms with Crippen molar-refractivity contribution in [2.45, 2.75) is 125 Å². The van der Waals surface area contributed by atoms with Gasteiger partial charge in [0.25, 0.3) is 0 Å². The van der Waals surface area contributed by atoms with E-state index in [4.69, 9.17) is 29.1 Å². The summed E-state index contributed by atoms with van der Waals surface area (Å²) >= 11 is 0. The van der Waals surface area contributed by atoms with Crippen LogP contribution in [0, 0.1) is 5.92 Å². The van der Waals surface area contributed by atoms with Crippen LogP contribution in [0.1, 0.15) is 39.5 Å². The van der Waals surface area contributed by atoms with E-state index in [0.29, 0.717) is 19.3 Å². The van der Waals surface area contributed by atoms with Crippen LogP contribution in [0.25, 0.3) is 0 Å². The van der Waals surface area contributed by atoms with Crippen molar-refractivity contribution in [2.75, 3.05) is 26.4 Å². The molecule has 0 saturated carbocycles. The lowest BCUT2D eigenvalue weighted by atomic mass is 9.89. The molecule has 10 unspecified atom stereocenters. The maximum atomic E-state index is 10.3. The number of aliphatic hydroxyl groups excluding tert-OH is 11. The summed E-state index contributed by atoms with van der Waals surface area (Å²) < 4.78 is 16.6. The van der Waals surface area contributed by atoms with E-state index in [-0.39, 0.29) is 25.6 Å². The normalized spacial score (nSPS) is 37.6. The molecule has 0 aromatic rings. The Balaban J connectivity index is 1.72. The van der Waals surface area contributed by atoms with Crippen LogP contribution in [0.15, 0.2) is 0 Å². The van der Waals surface area contributed by atoms with Gasteiger partial charge in [-0.15, -0.1) is 0 Å². The first-order valence-electron chi connectivity index (χ1n) is 13.9. The quantitative estimate of drug-likeness (QED) is 0.0423. The number of aliphatic hydroxyl groups is 11. The fourth-order valence-corrected chi connectivity index (χ4v) is 4.64. The summed E-state index contributed by atoms with van der Waals surface area (Å²) in [6.45, 7) is 2.40. The number of hydrogen-bond acceptors (Lipinski definition) is 16. The lowest BCUT2D eigenvalue weighted by molar-refractivity contribution is -0.434. The average molecular weight is 605 g/mol. The van der Waals surface area contributed by atoms with E-state index in [1.165, 1.54) is 0 Å². The Hall–Kier alpha value is -0.640. The average Bonchev–Trinajstić information content (AvgIpc) is 2.95. The van der Waals surface area contributed by atoms with Crippen LogP contribution in [0.4, 0.5) is 0 Å². The molecule has 11 N–H and O–H groups in total. The van der Waals surface area contributed by atoms with Crippen molar-refractivity contribution in [3.8, 4) is 0 Å². The first-order chi connectivity index (χ1) is 19.3. The SMILES string of the molecule is CC(C)C1OC(COOC2OC(COCCCCC[C@@H](O)[C@@H](O)[C@@H](O)[C@H](O)CO)C(O)C(O)C2O)C(O)C(O)C1O. The Kier molecular flexibility index (Phi) is 15.7. The first kappa shape index (κ1) is 36.6. The van der Waals surface area contributed by atoms with E-state index in [2.05, 4.69) is 0 Å². The molecule has 14 atom stereocenters. The van der Waals surface area contributed by atoms with Gasteiger partial charge in [0.05, 0.1) is 25.4 Å². The third-order valence-corrected chi connectivity index (χ3v) is 7.37. The minimum atomic E-state index is -1.69. The maximum absolute atomic E-state index is 10.3. The Labute approximate surface area is 238 Å². The highest BCUT2D eigenvalue weighted by molar-refractivity contribution is 4.93. The molecule has 16 nitrogen and oxygen atoms in total. The Morgan fingerprint density at radius 1 is 0.659 bits per heavy atom. The zero-order chi connectivity index (χ0) is 30.9. The minimum absolute atomic E-state index is 0.129. The van der Waals surface area contributed by atoms with E-state index in [1.54, 1.807) is 13.8 Å². The Morgan fingerprint density at radius 3 is 1.85 bits per heavy atom. The molecule has 2 aliphatic rings. The van der Waals surface area contributed by atoms with E-state index < -0.39 is 98.9 Å². The Bertz CT molecular complexity index is 717. The number of hydrogen-bond donors (Lipinski definition) is 11. The number of unbranched alkanes of at least 4 members (excludes halogenated alkanes) is 2. The summed E-state index contributed by atoms with van der Waals surface area (Å²) in [7, 11) is 0. The summed E-state index contributed by atoms with van der Waals surface area (Å²) in [5, 5.41) is 109. The van der Waals surface area contributed by atoms with Crippen molar-refractivity contribution < 1.29 is 80.2 Å². The third-order valence-electron chi connectivity index (χ3n) is 7.37. The zero-order valence-corrected chi connectivity index (χ0v) is 23.3. The predicted octanol–water partition coefficient (Wildman–Crippen LogP) is -4.74. The van der Waals surface area contributed by atoms with Gasteiger partial charge in [-0.2, -0.15) is 0 Å². The van der Waals surface area contributed by atoms with Crippen molar-refractivity contribution in [2.24, 2.45) is 5.92 Å². The molecule has 0 bridgehead atoms. The highest BCUT2D eigenvalue weighted by Gasteiger charge is 2.47. The van der Waals surface area contributed by atoms with Gasteiger partial charge in [0, 0.05) is 6.61 Å². The maximum Gasteiger partial charge on any atom is 0.220 e. The van der Waals surface area contributed by atoms with Crippen LogP contribution in [-0.4, -0.2) is 168 Å². The van der Waals surface area contributed by atoms with Crippen LogP contribution in [0.2, 0.25) is 0 Å². The molecule has 0 aromatic carbocycles. The van der Waals surface area contributed by atoms with Gasteiger partial charge in [0.2, 0.25) is 6.29 Å². The highest BCUT2D eigenvalue weighted by Crippen LogP contribution is 2.27. The van der Waals surface area contributed by atoms with Gasteiger partial charge in [0.15, 0.2) is 0 Å². The molecule has 16 heteroatoms. The molecule has 2 aliphatic heterocycles. The summed E-state index contributed by atoms with van der Waals surface area (Å²) in [6.07, 6.45) is -18.1. The van der Waals surface area contributed by atoms with Crippen LogP contribution in [0.3, 0.4) is 0 Å². The number of ether oxygens (including phenoxy) is 3. The smallest absolute Gasteiger partial charge is 0.220 e. The van der Waals surface area contributed by atoms with Gasteiger partial charge >= 0.3 is 0 Å². The molecule has 0 aliphatic carbocycles. The largest absolute Gasteiger partial charge is 0.394 e. The van der Waals surface area contributed by atoms with Crippen LogP contribution in [-0.2, 0) is 24.0 Å². The van der Waals surface area contributed by atoms with Crippen LogP contribution >= 0.6 is 0 Å². The molecular formula is C25H48O16. The van der Waals surface area contributed by atoms with Gasteiger partial charge in [-0.3, -0.25) is 0 Å². The van der Waals surface area contributed by atoms with Crippen molar-refractivity contribution in [1.29, 1.82) is 0 Å². The van der Waals surface area contributed by atoms with Crippen molar-refractivity contribution >= 4 is 0 Å². The van der Waals surface area contributed by atoms with Gasteiger partial charge < -0.3 is 70.4 Å². The third kappa shape index (κ3) is 10.2. The molecule has 2 rings (SSSR count). The molecule has 0 aromatic heterocycles. The van der Waals surface area contributed by atoms with Gasteiger partial charge in [-0.25, -0.2) is 9.78 Å². The second kappa shape index (κ2) is 17.6. The molecule has 2 heterocycles. The number of rotatable bonds is 17. The first-order valence-corrected chi connectivity index (χ1v) is 13.9. The summed E-state index contributed by atoms with van der Waals surface area (Å²) in [6, 6.07) is 0. The van der Waals surface area contributed by atoms with Crippen molar-refractivity contribution in [3.05, 3.63) is 0 Å². The van der Waals surface area contributed by atoms with Crippen molar-refractivity contribution in [1.82, 2.24) is 0 Å². The second-order valence-electron chi connectivity index (χ2n) is 11.0. The second-order valence-corrected chi connectivity index (χ2v) is 11.0. The lowest BCUT2D eigenvalue weighted by Crippen LogP contribution is -2.60. The fraction of sp³-hybridized carbons (Fsp3) is 1.00. The highest BCUT2D eigenvalue weighted by atomic mass is 17.2. The molecule has 2 saturated heterocycles. The molecular weight excluding hydrogens is 556 g/mol. The monoisotopic (exact) mass is 604 g/mol. The lowest BCUT2D eigenvalue weighted by Gasteiger charge is -2.42. The molecule has 0 amide bonds. The van der Waals surface area contributed by atoms with Gasteiger partial charge in [0.1, 0.15) is 73.8 Å². The molecule has 244 valence electrons. The molecule has 41 heavy (non-hydrogen) atoms. The zero-order valence-electron chi connectivity index (χ0n) is 23.3. The van der Waals surface area contributed by atoms with Crippen LogP contribution in [0.5, 0.6) is 0 Å². The van der Waals surface area contributed by atoms with Crippen molar-refractivity contribution in [3.63, 3.8) is 0 Å². The molecule has 0 radical (unpaired) electrons. The van der Waals surface area contributed by atoms with Gasteiger partial charge in [-0.1, -0.05) is 26.7 Å². The fourth-order valence-electron chi connectivity index (χ4n) is 4.64. The predicted molar refractivity (Wildman–Crippen MR) is 136 cm³/mol. The van der Waals surface area contributed by atoms with E-state index >= 15 is 0 Å². The van der Waals surface area contributed by atoms with E-state index in [9.17, 15) is 51.1 Å². The summed E-state index contributed by atoms with van der Waals surface area (Å²) in [5.74, 6) is -0.178. The minimum Gasteiger partial charge on any atom is -0.394 e. The van der Waals surface area contributed by atoms with E-state index in [0.717, 1.165) is 0 Å². The standard InChI is InChI=1S/C25H48O16/c1-11(2)24-22(35)20(33)19(32)15(39-24)10-38-41-25-23(36)21(34)18(31)14(40-25)9-37-7-5-3-4-6-12(27)16(29)17(30)13(28)8-26/h11-36H,3-10H2,1-2H3/t12-,13-,14?,15?,16-,17+,18?,19?,20?,21?,22?,23?,24?,25?/m1/s1.